The Morgan fingerprint density at radius 2 is 1.91 bits per heavy atom. The fourth-order valence-electron chi connectivity index (χ4n) is 2.60. The van der Waals surface area contributed by atoms with Crippen LogP contribution in [-0.4, -0.2) is 18.6 Å². The van der Waals surface area contributed by atoms with Gasteiger partial charge in [0.05, 0.1) is 6.21 Å². The Kier molecular flexibility index (Phi) is 4.67. The van der Waals surface area contributed by atoms with Crippen LogP contribution in [0.5, 0.6) is 0 Å². The average molecular weight is 303 g/mol. The number of hydrogen-bond donors (Lipinski definition) is 1. The molecule has 1 N–H and O–H groups in total. The van der Waals surface area contributed by atoms with E-state index < -0.39 is 0 Å². The highest BCUT2D eigenvalue weighted by Gasteiger charge is 2.12. The van der Waals surface area contributed by atoms with Crippen LogP contribution in [0.4, 0.5) is 0 Å². The molecule has 0 radical (unpaired) electrons. The van der Waals surface area contributed by atoms with Gasteiger partial charge in [-0.1, -0.05) is 60.2 Å². The standard InChI is InChI=1S/C20H21N3/c1-15-7-9-17(10-8-15)13-16(2)14-22-23-20-19-6-4-3-5-18(19)11-12-21-20/h3-10,13-14H,11-12H2,1-2H3,(H,21,23). The van der Waals surface area contributed by atoms with Gasteiger partial charge in [-0.2, -0.15) is 5.10 Å². The lowest BCUT2D eigenvalue weighted by atomic mass is 10.0. The first kappa shape index (κ1) is 15.2. The van der Waals surface area contributed by atoms with E-state index >= 15 is 0 Å². The van der Waals surface area contributed by atoms with E-state index in [2.05, 4.69) is 71.0 Å². The van der Waals surface area contributed by atoms with Gasteiger partial charge in [-0.25, -0.2) is 0 Å². The molecular weight excluding hydrogens is 282 g/mol. The summed E-state index contributed by atoms with van der Waals surface area (Å²) >= 11 is 0. The van der Waals surface area contributed by atoms with Crippen molar-refractivity contribution in [3.8, 4) is 0 Å². The van der Waals surface area contributed by atoms with E-state index in [-0.39, 0.29) is 0 Å². The summed E-state index contributed by atoms with van der Waals surface area (Å²) in [7, 11) is 0. The molecule has 0 amide bonds. The lowest BCUT2D eigenvalue weighted by Crippen LogP contribution is -2.24. The van der Waals surface area contributed by atoms with Crippen molar-refractivity contribution in [3.05, 3.63) is 76.4 Å². The average Bonchev–Trinajstić information content (AvgIpc) is 2.57. The zero-order valence-electron chi connectivity index (χ0n) is 13.6. The van der Waals surface area contributed by atoms with Gasteiger partial charge in [0, 0.05) is 12.1 Å². The van der Waals surface area contributed by atoms with Crippen molar-refractivity contribution < 1.29 is 0 Å². The van der Waals surface area contributed by atoms with Crippen molar-refractivity contribution in [1.29, 1.82) is 0 Å². The summed E-state index contributed by atoms with van der Waals surface area (Å²) in [6.45, 7) is 4.95. The van der Waals surface area contributed by atoms with Gasteiger partial charge in [-0.3, -0.25) is 10.4 Å². The van der Waals surface area contributed by atoms with E-state index in [0.29, 0.717) is 0 Å². The molecular formula is C20H21N3. The largest absolute Gasteiger partial charge is 0.266 e. The molecule has 1 aliphatic heterocycles. The number of hydrogen-bond acceptors (Lipinski definition) is 3. The first-order valence-electron chi connectivity index (χ1n) is 7.89. The van der Waals surface area contributed by atoms with Gasteiger partial charge in [-0.05, 0) is 37.0 Å². The lowest BCUT2D eigenvalue weighted by Gasteiger charge is -2.15. The molecule has 0 aliphatic carbocycles. The van der Waals surface area contributed by atoms with Crippen molar-refractivity contribution in [3.63, 3.8) is 0 Å². The molecule has 0 atom stereocenters. The van der Waals surface area contributed by atoms with Crippen LogP contribution in [-0.2, 0) is 6.42 Å². The number of allylic oxidation sites excluding steroid dienone is 1. The van der Waals surface area contributed by atoms with E-state index in [1.807, 2.05) is 19.2 Å². The Morgan fingerprint density at radius 1 is 1.13 bits per heavy atom. The Labute approximate surface area is 137 Å². The van der Waals surface area contributed by atoms with E-state index in [1.165, 1.54) is 16.7 Å². The predicted octanol–water partition coefficient (Wildman–Crippen LogP) is 3.98. The van der Waals surface area contributed by atoms with E-state index in [4.69, 9.17) is 0 Å². The van der Waals surface area contributed by atoms with Crippen molar-refractivity contribution in [2.75, 3.05) is 6.54 Å². The Hall–Kier alpha value is -2.68. The number of aryl methyl sites for hydroxylation is 1. The van der Waals surface area contributed by atoms with Crippen LogP contribution in [0.25, 0.3) is 6.08 Å². The quantitative estimate of drug-likeness (QED) is 0.676. The number of fused-ring (bicyclic) bond motifs is 1. The Morgan fingerprint density at radius 3 is 2.74 bits per heavy atom. The van der Waals surface area contributed by atoms with Crippen LogP contribution in [0.1, 0.15) is 29.2 Å². The predicted molar refractivity (Wildman–Crippen MR) is 98.0 cm³/mol. The number of nitrogens with one attached hydrogen (secondary N) is 1. The highest BCUT2D eigenvalue weighted by molar-refractivity contribution is 6.01. The summed E-state index contributed by atoms with van der Waals surface area (Å²) in [5, 5.41) is 4.33. The summed E-state index contributed by atoms with van der Waals surface area (Å²) in [6, 6.07) is 16.8. The van der Waals surface area contributed by atoms with E-state index in [9.17, 15) is 0 Å². The van der Waals surface area contributed by atoms with Gasteiger partial charge < -0.3 is 0 Å². The minimum Gasteiger partial charge on any atom is -0.266 e. The molecule has 0 unspecified atom stereocenters. The third kappa shape index (κ3) is 3.95. The molecule has 0 bridgehead atoms. The molecule has 0 fully saturated rings. The molecule has 1 heterocycles. The number of amidine groups is 1. The van der Waals surface area contributed by atoms with E-state index in [0.717, 1.165) is 29.9 Å². The maximum atomic E-state index is 4.53. The van der Waals surface area contributed by atoms with Crippen LogP contribution in [0.2, 0.25) is 0 Å². The maximum absolute atomic E-state index is 4.53. The Bertz CT molecular complexity index is 768. The smallest absolute Gasteiger partial charge is 0.149 e. The number of nitrogens with zero attached hydrogens (tertiary/aromatic N) is 2. The maximum Gasteiger partial charge on any atom is 0.149 e. The second-order valence-electron chi connectivity index (χ2n) is 5.81. The van der Waals surface area contributed by atoms with Gasteiger partial charge in [-0.15, -0.1) is 0 Å². The zero-order chi connectivity index (χ0) is 16.1. The molecule has 3 nitrogen and oxygen atoms in total. The molecule has 0 saturated carbocycles. The molecule has 1 aliphatic rings. The summed E-state index contributed by atoms with van der Waals surface area (Å²) in [5.74, 6) is 0.853. The second-order valence-corrected chi connectivity index (χ2v) is 5.81. The van der Waals surface area contributed by atoms with Crippen LogP contribution in [0, 0.1) is 6.92 Å². The van der Waals surface area contributed by atoms with Crippen molar-refractivity contribution in [1.82, 2.24) is 5.43 Å². The van der Waals surface area contributed by atoms with Crippen LogP contribution in [0.15, 0.2) is 64.2 Å². The molecule has 116 valence electrons. The zero-order valence-corrected chi connectivity index (χ0v) is 13.6. The monoisotopic (exact) mass is 303 g/mol. The SMILES string of the molecule is CC(C=NNC1=NCCc2ccccc21)=Cc1ccc(C)cc1. The van der Waals surface area contributed by atoms with Crippen molar-refractivity contribution >= 4 is 18.1 Å². The molecule has 3 rings (SSSR count). The molecule has 0 saturated heterocycles. The fourth-order valence-corrected chi connectivity index (χ4v) is 2.60. The molecule has 2 aromatic rings. The van der Waals surface area contributed by atoms with E-state index in [1.54, 1.807) is 0 Å². The topological polar surface area (TPSA) is 36.8 Å². The minimum atomic E-state index is 0.813. The van der Waals surface area contributed by atoms with Crippen LogP contribution in [0.3, 0.4) is 0 Å². The van der Waals surface area contributed by atoms with Gasteiger partial charge >= 0.3 is 0 Å². The first-order valence-corrected chi connectivity index (χ1v) is 7.89. The summed E-state index contributed by atoms with van der Waals surface area (Å²) < 4.78 is 0. The number of rotatable bonds is 3. The van der Waals surface area contributed by atoms with Crippen molar-refractivity contribution in [2.45, 2.75) is 20.3 Å². The Balaban J connectivity index is 1.67. The van der Waals surface area contributed by atoms with Crippen LogP contribution < -0.4 is 5.43 Å². The highest BCUT2D eigenvalue weighted by Crippen LogP contribution is 2.14. The summed E-state index contributed by atoms with van der Waals surface area (Å²) in [5.41, 5.74) is 9.09. The third-order valence-corrected chi connectivity index (χ3v) is 3.83. The number of hydrazone groups is 1. The first-order chi connectivity index (χ1) is 11.2. The van der Waals surface area contributed by atoms with Crippen molar-refractivity contribution in [2.24, 2.45) is 10.1 Å². The summed E-state index contributed by atoms with van der Waals surface area (Å²) in [6.07, 6.45) is 4.94. The normalized spacial score (nSPS) is 14.5. The lowest BCUT2D eigenvalue weighted by molar-refractivity contribution is 0.902. The number of benzene rings is 2. The number of aliphatic imine (C=N–C) groups is 1. The molecule has 0 spiro atoms. The highest BCUT2D eigenvalue weighted by atomic mass is 15.3. The molecule has 3 heteroatoms. The van der Waals surface area contributed by atoms with Gasteiger partial charge in [0.25, 0.3) is 0 Å². The summed E-state index contributed by atoms with van der Waals surface area (Å²) in [4.78, 5) is 4.53. The minimum absolute atomic E-state index is 0.813. The van der Waals surface area contributed by atoms with Gasteiger partial charge in [0.2, 0.25) is 0 Å². The van der Waals surface area contributed by atoms with Crippen LogP contribution >= 0.6 is 0 Å². The van der Waals surface area contributed by atoms with Gasteiger partial charge in [0.1, 0.15) is 5.84 Å². The molecule has 0 aromatic heterocycles. The molecule has 2 aromatic carbocycles. The fraction of sp³-hybridized carbons (Fsp3) is 0.200. The second kappa shape index (κ2) is 7.05. The third-order valence-electron chi connectivity index (χ3n) is 3.83. The van der Waals surface area contributed by atoms with Gasteiger partial charge in [0.15, 0.2) is 0 Å². The molecule has 23 heavy (non-hydrogen) atoms.